The number of carbonyl (C=O) groups is 4. The van der Waals surface area contributed by atoms with Gasteiger partial charge in [-0.3, -0.25) is 24.1 Å². The molecule has 0 aliphatic carbocycles. The quantitative estimate of drug-likeness (QED) is 0.669. The summed E-state index contributed by atoms with van der Waals surface area (Å²) >= 11 is 3.34. The smallest absolute Gasteiger partial charge is 0.300 e. The van der Waals surface area contributed by atoms with E-state index in [9.17, 15) is 19.2 Å². The lowest BCUT2D eigenvalue weighted by Crippen LogP contribution is -2.46. The van der Waals surface area contributed by atoms with Crippen LogP contribution in [0.5, 0.6) is 0 Å². The lowest BCUT2D eigenvalue weighted by atomic mass is 10.1. The highest BCUT2D eigenvalue weighted by Crippen LogP contribution is 2.37. The first-order valence-corrected chi connectivity index (χ1v) is 9.88. The van der Waals surface area contributed by atoms with Gasteiger partial charge in [0.15, 0.2) is 0 Å². The summed E-state index contributed by atoms with van der Waals surface area (Å²) in [6.07, 6.45) is 0.337. The Kier molecular flexibility index (Phi) is 5.83. The monoisotopic (exact) mass is 457 g/mol. The van der Waals surface area contributed by atoms with Gasteiger partial charge in [-0.15, -0.1) is 0 Å². The molecule has 0 aromatic heterocycles. The summed E-state index contributed by atoms with van der Waals surface area (Å²) in [5.74, 6) is -1.90. The van der Waals surface area contributed by atoms with Crippen molar-refractivity contribution in [2.75, 3.05) is 15.5 Å². The second kappa shape index (κ2) is 8.16. The minimum absolute atomic E-state index is 0.189. The molecule has 150 valence electrons. The van der Waals surface area contributed by atoms with Gasteiger partial charge in [-0.1, -0.05) is 22.9 Å². The van der Waals surface area contributed by atoms with Crippen molar-refractivity contribution in [2.24, 2.45) is 0 Å². The average molecular weight is 458 g/mol. The van der Waals surface area contributed by atoms with Crippen LogP contribution in [0.15, 0.2) is 40.9 Å². The van der Waals surface area contributed by atoms with E-state index < -0.39 is 23.6 Å². The Balaban J connectivity index is 1.86. The predicted molar refractivity (Wildman–Crippen MR) is 114 cm³/mol. The molecule has 2 aromatic rings. The molecular weight excluding hydrogens is 438 g/mol. The Labute approximate surface area is 176 Å². The van der Waals surface area contributed by atoms with Gasteiger partial charge in [-0.25, -0.2) is 0 Å². The van der Waals surface area contributed by atoms with E-state index >= 15 is 0 Å². The first kappa shape index (κ1) is 20.7. The first-order valence-electron chi connectivity index (χ1n) is 9.09. The fourth-order valence-electron chi connectivity index (χ4n) is 3.40. The van der Waals surface area contributed by atoms with E-state index in [-0.39, 0.29) is 5.91 Å². The van der Waals surface area contributed by atoms with Crippen LogP contribution in [0.25, 0.3) is 0 Å². The Morgan fingerprint density at radius 2 is 1.66 bits per heavy atom. The molecule has 1 heterocycles. The summed E-state index contributed by atoms with van der Waals surface area (Å²) in [4.78, 5) is 50.5. The standard InChI is InChI=1S/C21H20BrN3O4/c1-4-17(20(28)24-15-7-5-14(6-8-15)23-12(3)26)25-18-11(2)9-13(22)10-16(18)19(27)21(25)29/h5-10,17H,4H2,1-3H3,(H,23,26)(H,24,28). The fraction of sp³-hybridized carbons (Fsp3) is 0.238. The second-order valence-electron chi connectivity index (χ2n) is 6.79. The van der Waals surface area contributed by atoms with Crippen LogP contribution in [0.4, 0.5) is 17.1 Å². The number of hydrogen-bond acceptors (Lipinski definition) is 4. The molecule has 0 fully saturated rings. The number of fused-ring (bicyclic) bond motifs is 1. The SMILES string of the molecule is CCC(C(=O)Nc1ccc(NC(C)=O)cc1)N1C(=O)C(=O)c2cc(Br)cc(C)c21. The van der Waals surface area contributed by atoms with Crippen LogP contribution in [0.3, 0.4) is 0 Å². The summed E-state index contributed by atoms with van der Waals surface area (Å²) < 4.78 is 0.702. The molecule has 3 rings (SSSR count). The molecule has 1 aliphatic rings. The molecule has 29 heavy (non-hydrogen) atoms. The van der Waals surface area contributed by atoms with E-state index in [1.165, 1.54) is 11.8 Å². The molecule has 3 amide bonds. The van der Waals surface area contributed by atoms with Gasteiger partial charge in [0.2, 0.25) is 11.8 Å². The maximum absolute atomic E-state index is 12.9. The number of aryl methyl sites for hydroxylation is 1. The second-order valence-corrected chi connectivity index (χ2v) is 7.71. The van der Waals surface area contributed by atoms with Gasteiger partial charge in [0, 0.05) is 22.8 Å². The third-order valence-electron chi connectivity index (χ3n) is 4.64. The van der Waals surface area contributed by atoms with Gasteiger partial charge < -0.3 is 10.6 Å². The van der Waals surface area contributed by atoms with Crippen LogP contribution in [0.1, 0.15) is 36.2 Å². The van der Waals surface area contributed by atoms with Crippen molar-refractivity contribution in [3.05, 3.63) is 52.0 Å². The number of anilines is 3. The third kappa shape index (κ3) is 4.07. The summed E-state index contributed by atoms with van der Waals surface area (Å²) in [5.41, 5.74) is 2.64. The molecule has 1 atom stereocenters. The van der Waals surface area contributed by atoms with Crippen molar-refractivity contribution < 1.29 is 19.2 Å². The summed E-state index contributed by atoms with van der Waals surface area (Å²) in [6.45, 7) is 5.00. The van der Waals surface area contributed by atoms with E-state index in [1.807, 2.05) is 6.07 Å². The van der Waals surface area contributed by atoms with E-state index in [4.69, 9.17) is 0 Å². The molecule has 2 aromatic carbocycles. The van der Waals surface area contributed by atoms with Crippen molar-refractivity contribution in [3.8, 4) is 0 Å². The maximum Gasteiger partial charge on any atom is 0.300 e. The van der Waals surface area contributed by atoms with Crippen LogP contribution in [-0.2, 0) is 14.4 Å². The number of rotatable bonds is 5. The van der Waals surface area contributed by atoms with Crippen LogP contribution < -0.4 is 15.5 Å². The van der Waals surface area contributed by atoms with E-state index in [0.29, 0.717) is 33.5 Å². The molecule has 1 aliphatic heterocycles. The summed E-state index contributed by atoms with van der Waals surface area (Å²) in [7, 11) is 0. The Bertz CT molecular complexity index is 1020. The highest BCUT2D eigenvalue weighted by molar-refractivity contribution is 9.10. The van der Waals surface area contributed by atoms with E-state index in [0.717, 1.165) is 5.56 Å². The zero-order valence-electron chi connectivity index (χ0n) is 16.2. The highest BCUT2D eigenvalue weighted by Gasteiger charge is 2.42. The number of Topliss-reactive ketones (excluding diaryl/α,β-unsaturated/α-hetero) is 1. The van der Waals surface area contributed by atoms with Gasteiger partial charge >= 0.3 is 0 Å². The predicted octanol–water partition coefficient (Wildman–Crippen LogP) is 3.66. The highest BCUT2D eigenvalue weighted by atomic mass is 79.9. The summed E-state index contributed by atoms with van der Waals surface area (Å²) in [6, 6.07) is 9.23. The van der Waals surface area contributed by atoms with Crippen molar-refractivity contribution >= 4 is 56.5 Å². The van der Waals surface area contributed by atoms with Gasteiger partial charge in [-0.2, -0.15) is 0 Å². The Morgan fingerprint density at radius 1 is 1.07 bits per heavy atom. The number of amides is 3. The van der Waals surface area contributed by atoms with Crippen molar-refractivity contribution in [1.29, 1.82) is 0 Å². The Morgan fingerprint density at radius 3 is 2.21 bits per heavy atom. The van der Waals surface area contributed by atoms with E-state index in [1.54, 1.807) is 44.2 Å². The molecule has 1 unspecified atom stereocenters. The van der Waals surface area contributed by atoms with Gasteiger partial charge in [0.1, 0.15) is 6.04 Å². The number of nitrogens with one attached hydrogen (secondary N) is 2. The van der Waals surface area contributed by atoms with Crippen molar-refractivity contribution in [1.82, 2.24) is 0 Å². The number of ketones is 1. The topological polar surface area (TPSA) is 95.6 Å². The lowest BCUT2D eigenvalue weighted by Gasteiger charge is -2.27. The number of halogens is 1. The molecule has 0 saturated carbocycles. The van der Waals surface area contributed by atoms with Crippen LogP contribution in [0.2, 0.25) is 0 Å². The molecule has 2 N–H and O–H groups in total. The minimum Gasteiger partial charge on any atom is -0.326 e. The lowest BCUT2D eigenvalue weighted by molar-refractivity contribution is -0.121. The van der Waals surface area contributed by atoms with Crippen molar-refractivity contribution in [2.45, 2.75) is 33.2 Å². The first-order chi connectivity index (χ1) is 13.7. The van der Waals surface area contributed by atoms with E-state index in [2.05, 4.69) is 26.6 Å². The number of carbonyl (C=O) groups excluding carboxylic acids is 4. The molecule has 0 saturated heterocycles. The zero-order valence-corrected chi connectivity index (χ0v) is 17.8. The molecule has 7 nitrogen and oxygen atoms in total. The molecule has 0 bridgehead atoms. The largest absolute Gasteiger partial charge is 0.326 e. The minimum atomic E-state index is -0.831. The fourth-order valence-corrected chi connectivity index (χ4v) is 3.98. The van der Waals surface area contributed by atoms with Gasteiger partial charge in [0.25, 0.3) is 11.7 Å². The number of benzene rings is 2. The molecular formula is C21H20BrN3O4. The van der Waals surface area contributed by atoms with Crippen LogP contribution in [0, 0.1) is 6.92 Å². The molecule has 0 spiro atoms. The zero-order chi connectivity index (χ0) is 21.3. The average Bonchev–Trinajstić information content (AvgIpc) is 2.89. The van der Waals surface area contributed by atoms with Gasteiger partial charge in [0.05, 0.1) is 11.3 Å². The van der Waals surface area contributed by atoms with Crippen LogP contribution >= 0.6 is 15.9 Å². The Hall–Kier alpha value is -3.00. The third-order valence-corrected chi connectivity index (χ3v) is 5.10. The number of hydrogen-bond donors (Lipinski definition) is 2. The van der Waals surface area contributed by atoms with Crippen molar-refractivity contribution in [3.63, 3.8) is 0 Å². The van der Waals surface area contributed by atoms with Crippen LogP contribution in [-0.4, -0.2) is 29.5 Å². The molecule has 8 heteroatoms. The number of nitrogens with zero attached hydrogens (tertiary/aromatic N) is 1. The summed E-state index contributed by atoms with van der Waals surface area (Å²) in [5, 5.41) is 5.43. The van der Waals surface area contributed by atoms with Gasteiger partial charge in [-0.05, 0) is 55.3 Å². The molecule has 0 radical (unpaired) electrons. The maximum atomic E-state index is 12.9. The normalized spacial score (nSPS) is 13.9.